The first-order chi connectivity index (χ1) is 8.06. The van der Waals surface area contributed by atoms with Crippen molar-refractivity contribution in [2.75, 3.05) is 0 Å². The van der Waals surface area contributed by atoms with E-state index in [4.69, 9.17) is 9.15 Å². The van der Waals surface area contributed by atoms with Crippen molar-refractivity contribution < 1.29 is 13.9 Å². The summed E-state index contributed by atoms with van der Waals surface area (Å²) in [6, 6.07) is 0. The van der Waals surface area contributed by atoms with Crippen molar-refractivity contribution in [3.8, 4) is 0 Å². The standard InChI is InChI=1S/C10H11N3O3S/c1-5-9(17-7(3)11-5)10(14)15-4-8-13-12-6(2)16-8/h4H2,1-3H3. The number of esters is 1. The van der Waals surface area contributed by atoms with Crippen LogP contribution in [0.25, 0.3) is 0 Å². The molecule has 0 radical (unpaired) electrons. The van der Waals surface area contributed by atoms with E-state index in [0.717, 1.165) is 5.01 Å². The maximum Gasteiger partial charge on any atom is 0.350 e. The minimum Gasteiger partial charge on any atom is -0.451 e. The highest BCUT2D eigenvalue weighted by Crippen LogP contribution is 2.18. The van der Waals surface area contributed by atoms with Crippen molar-refractivity contribution >= 4 is 17.3 Å². The molecule has 17 heavy (non-hydrogen) atoms. The number of ether oxygens (including phenoxy) is 1. The molecule has 0 saturated carbocycles. The molecule has 0 aliphatic carbocycles. The number of nitrogens with zero attached hydrogens (tertiary/aromatic N) is 3. The van der Waals surface area contributed by atoms with Gasteiger partial charge in [-0.1, -0.05) is 0 Å². The lowest BCUT2D eigenvalue weighted by Crippen LogP contribution is -2.05. The molecule has 0 aliphatic rings. The number of hydrogen-bond donors (Lipinski definition) is 0. The van der Waals surface area contributed by atoms with Crippen molar-refractivity contribution in [3.63, 3.8) is 0 Å². The zero-order valence-corrected chi connectivity index (χ0v) is 10.5. The highest BCUT2D eigenvalue weighted by Gasteiger charge is 2.16. The second kappa shape index (κ2) is 4.62. The van der Waals surface area contributed by atoms with Crippen LogP contribution in [0.1, 0.15) is 32.2 Å². The van der Waals surface area contributed by atoms with Gasteiger partial charge in [-0.05, 0) is 13.8 Å². The zero-order valence-electron chi connectivity index (χ0n) is 9.68. The van der Waals surface area contributed by atoms with Crippen molar-refractivity contribution in [2.45, 2.75) is 27.4 Å². The number of aromatic nitrogens is 3. The SMILES string of the molecule is Cc1nnc(COC(=O)c2sc(C)nc2C)o1. The van der Waals surface area contributed by atoms with Crippen LogP contribution in [0.3, 0.4) is 0 Å². The first kappa shape index (κ1) is 11.7. The van der Waals surface area contributed by atoms with Crippen LogP contribution in [-0.4, -0.2) is 21.2 Å². The molecule has 0 saturated heterocycles. The lowest BCUT2D eigenvalue weighted by Gasteiger charge is -1.99. The number of rotatable bonds is 3. The monoisotopic (exact) mass is 253 g/mol. The topological polar surface area (TPSA) is 78.1 Å². The molecule has 6 nitrogen and oxygen atoms in total. The van der Waals surface area contributed by atoms with Crippen LogP contribution in [0, 0.1) is 20.8 Å². The Hall–Kier alpha value is -1.76. The third kappa shape index (κ3) is 2.68. The normalized spacial score (nSPS) is 10.5. The third-order valence-electron chi connectivity index (χ3n) is 1.98. The minimum absolute atomic E-state index is 0.0178. The van der Waals surface area contributed by atoms with Gasteiger partial charge in [0.1, 0.15) is 4.88 Å². The van der Waals surface area contributed by atoms with Gasteiger partial charge >= 0.3 is 5.97 Å². The number of carbonyl (C=O) groups excluding carboxylic acids is 1. The maximum atomic E-state index is 11.7. The Morgan fingerprint density at radius 3 is 2.65 bits per heavy atom. The molecule has 90 valence electrons. The van der Waals surface area contributed by atoms with Gasteiger partial charge in [0.2, 0.25) is 5.89 Å². The number of carbonyl (C=O) groups is 1. The Morgan fingerprint density at radius 1 is 1.35 bits per heavy atom. The molecule has 2 aromatic heterocycles. The first-order valence-corrected chi connectivity index (χ1v) is 5.78. The summed E-state index contributed by atoms with van der Waals surface area (Å²) in [6.45, 7) is 5.28. The van der Waals surface area contributed by atoms with Gasteiger partial charge < -0.3 is 9.15 Å². The van der Waals surface area contributed by atoms with E-state index in [1.807, 2.05) is 6.92 Å². The summed E-state index contributed by atoms with van der Waals surface area (Å²) < 4.78 is 10.2. The maximum absolute atomic E-state index is 11.7. The van der Waals surface area contributed by atoms with E-state index in [2.05, 4.69) is 15.2 Å². The van der Waals surface area contributed by atoms with Gasteiger partial charge in [-0.25, -0.2) is 9.78 Å². The largest absolute Gasteiger partial charge is 0.451 e. The first-order valence-electron chi connectivity index (χ1n) is 4.96. The Balaban J connectivity index is 2.00. The lowest BCUT2D eigenvalue weighted by molar-refractivity contribution is 0.0441. The molecule has 0 fully saturated rings. The van der Waals surface area contributed by atoms with Crippen molar-refractivity contribution in [1.29, 1.82) is 0 Å². The molecule has 0 atom stereocenters. The lowest BCUT2D eigenvalue weighted by atomic mass is 10.4. The number of thiazole rings is 1. The second-order valence-corrected chi connectivity index (χ2v) is 4.64. The summed E-state index contributed by atoms with van der Waals surface area (Å²) in [5, 5.41) is 8.21. The molecule has 0 unspecified atom stereocenters. The van der Waals surface area contributed by atoms with Crippen LogP contribution in [0.15, 0.2) is 4.42 Å². The summed E-state index contributed by atoms with van der Waals surface area (Å²) in [6.07, 6.45) is 0. The van der Waals surface area contributed by atoms with Gasteiger partial charge in [0.25, 0.3) is 5.89 Å². The van der Waals surface area contributed by atoms with Crippen LogP contribution < -0.4 is 0 Å². The second-order valence-electron chi connectivity index (χ2n) is 3.44. The van der Waals surface area contributed by atoms with E-state index in [1.54, 1.807) is 13.8 Å². The van der Waals surface area contributed by atoms with Gasteiger partial charge in [0.15, 0.2) is 6.61 Å². The van der Waals surface area contributed by atoms with Crippen LogP contribution in [-0.2, 0) is 11.3 Å². The highest BCUT2D eigenvalue weighted by atomic mass is 32.1. The average molecular weight is 253 g/mol. The van der Waals surface area contributed by atoms with E-state index in [0.29, 0.717) is 16.5 Å². The fourth-order valence-corrected chi connectivity index (χ4v) is 2.12. The summed E-state index contributed by atoms with van der Waals surface area (Å²) in [7, 11) is 0. The molecule has 0 bridgehead atoms. The summed E-state index contributed by atoms with van der Waals surface area (Å²) in [5.41, 5.74) is 0.680. The van der Waals surface area contributed by atoms with Gasteiger partial charge in [-0.15, -0.1) is 21.5 Å². The van der Waals surface area contributed by atoms with Crippen LogP contribution >= 0.6 is 11.3 Å². The van der Waals surface area contributed by atoms with Gasteiger partial charge in [-0.2, -0.15) is 0 Å². The smallest absolute Gasteiger partial charge is 0.350 e. The predicted molar refractivity (Wildman–Crippen MR) is 59.7 cm³/mol. The zero-order chi connectivity index (χ0) is 12.4. The van der Waals surface area contributed by atoms with E-state index >= 15 is 0 Å². The third-order valence-corrected chi connectivity index (χ3v) is 3.04. The molecule has 0 aromatic carbocycles. The molecule has 2 rings (SSSR count). The van der Waals surface area contributed by atoms with E-state index in [9.17, 15) is 4.79 Å². The van der Waals surface area contributed by atoms with Gasteiger partial charge in [0, 0.05) is 6.92 Å². The summed E-state index contributed by atoms with van der Waals surface area (Å²) >= 11 is 1.31. The van der Waals surface area contributed by atoms with Crippen molar-refractivity contribution in [3.05, 3.63) is 27.4 Å². The summed E-state index contributed by atoms with van der Waals surface area (Å²) in [5.74, 6) is 0.319. The number of aryl methyl sites for hydroxylation is 3. The molecule has 2 aromatic rings. The average Bonchev–Trinajstić information content (AvgIpc) is 2.81. The molecule has 0 N–H and O–H groups in total. The fourth-order valence-electron chi connectivity index (χ4n) is 1.31. The van der Waals surface area contributed by atoms with Crippen molar-refractivity contribution in [2.24, 2.45) is 0 Å². The van der Waals surface area contributed by atoms with Gasteiger partial charge in [0.05, 0.1) is 10.7 Å². The molecule has 0 amide bonds. The van der Waals surface area contributed by atoms with E-state index in [1.165, 1.54) is 11.3 Å². The van der Waals surface area contributed by atoms with Crippen LogP contribution in [0.4, 0.5) is 0 Å². The Bertz CT molecular complexity index is 547. The van der Waals surface area contributed by atoms with Crippen LogP contribution in [0.2, 0.25) is 0 Å². The summed E-state index contributed by atoms with van der Waals surface area (Å²) in [4.78, 5) is 16.4. The molecular formula is C10H11N3O3S. The molecule has 0 aliphatic heterocycles. The molecule has 0 spiro atoms. The molecule has 2 heterocycles. The Morgan fingerprint density at radius 2 is 2.12 bits per heavy atom. The molecule has 7 heteroatoms. The highest BCUT2D eigenvalue weighted by molar-refractivity contribution is 7.13. The molecular weight excluding hydrogens is 242 g/mol. The number of hydrogen-bond acceptors (Lipinski definition) is 7. The Labute approximate surface area is 102 Å². The van der Waals surface area contributed by atoms with E-state index in [-0.39, 0.29) is 12.5 Å². The predicted octanol–water partition coefficient (Wildman–Crippen LogP) is 1.81. The minimum atomic E-state index is -0.413. The Kier molecular flexibility index (Phi) is 3.19. The van der Waals surface area contributed by atoms with Gasteiger partial charge in [-0.3, -0.25) is 0 Å². The van der Waals surface area contributed by atoms with Crippen LogP contribution in [0.5, 0.6) is 0 Å². The van der Waals surface area contributed by atoms with Crippen molar-refractivity contribution in [1.82, 2.24) is 15.2 Å². The quantitative estimate of drug-likeness (QED) is 0.776. The van der Waals surface area contributed by atoms with E-state index < -0.39 is 5.97 Å². The fraction of sp³-hybridized carbons (Fsp3) is 0.400.